The smallest absolute Gasteiger partial charge is 0.336 e. The van der Waals surface area contributed by atoms with Gasteiger partial charge in [0.05, 0.1) is 11.1 Å². The quantitative estimate of drug-likeness (QED) is 0.145. The van der Waals surface area contributed by atoms with Crippen molar-refractivity contribution in [1.82, 2.24) is 4.90 Å². The van der Waals surface area contributed by atoms with Crippen molar-refractivity contribution in [3.63, 3.8) is 0 Å². The summed E-state index contributed by atoms with van der Waals surface area (Å²) in [5.74, 6) is -0.546. The second-order valence-electron chi connectivity index (χ2n) is 14.9. The minimum absolute atomic E-state index is 0.0180. The lowest BCUT2D eigenvalue weighted by atomic mass is 9.69. The number of aromatic hydroxyl groups is 1. The largest absolute Gasteiger partial charge is 0.508 e. The summed E-state index contributed by atoms with van der Waals surface area (Å²) in [6.45, 7) is 7.62. The van der Waals surface area contributed by atoms with E-state index in [4.69, 9.17) is 4.74 Å². The number of anilines is 1. The summed E-state index contributed by atoms with van der Waals surface area (Å²) in [6, 6.07) is 31.0. The molecule has 0 unspecified atom stereocenters. The molecule has 1 saturated carbocycles. The number of carboxylic acids is 2. The van der Waals surface area contributed by atoms with Crippen LogP contribution >= 0.6 is 0 Å². The first-order valence-electron chi connectivity index (χ1n) is 18.4. The predicted octanol–water partition coefficient (Wildman–Crippen LogP) is 8.19. The van der Waals surface area contributed by atoms with Crippen LogP contribution < -0.4 is 9.64 Å². The van der Waals surface area contributed by atoms with Crippen LogP contribution in [-0.2, 0) is 6.42 Å². The first-order valence-corrected chi connectivity index (χ1v) is 18.4. The number of hydrogen-bond acceptors (Lipinski definition) is 6. The molecule has 0 aromatic heterocycles. The fraction of sp³-hybridized carbons (Fsp3) is 0.395. The lowest BCUT2D eigenvalue weighted by Crippen LogP contribution is -2.53. The molecule has 0 radical (unpaired) electrons. The Morgan fingerprint density at radius 3 is 2.20 bits per heavy atom. The SMILES string of the molecule is CC(C)N(CC1CCN(c2ccc([C@@H]3c4ccc(O)cc4CC[C@@H]3c3ccccc3)cc2)CC1)C1CC(Oc2ccc(C(=O)O)c(C(=O)O)c2)C1. The van der Waals surface area contributed by atoms with E-state index in [2.05, 4.69) is 84.3 Å². The summed E-state index contributed by atoms with van der Waals surface area (Å²) >= 11 is 0. The molecule has 3 N–H and O–H groups in total. The van der Waals surface area contributed by atoms with Gasteiger partial charge in [-0.1, -0.05) is 48.5 Å². The van der Waals surface area contributed by atoms with Crippen molar-refractivity contribution in [2.45, 2.75) is 82.4 Å². The number of carbonyl (C=O) groups is 2. The Labute approximate surface area is 300 Å². The van der Waals surface area contributed by atoms with Crippen LogP contribution in [0.2, 0.25) is 0 Å². The van der Waals surface area contributed by atoms with E-state index >= 15 is 0 Å². The second-order valence-corrected chi connectivity index (χ2v) is 14.9. The van der Waals surface area contributed by atoms with Gasteiger partial charge in [-0.3, -0.25) is 4.90 Å². The zero-order chi connectivity index (χ0) is 35.6. The van der Waals surface area contributed by atoms with Gasteiger partial charge in [0.1, 0.15) is 17.6 Å². The first kappa shape index (κ1) is 34.6. The molecule has 1 heterocycles. The number of aryl methyl sites for hydroxylation is 1. The highest BCUT2D eigenvalue weighted by Gasteiger charge is 2.38. The average Bonchev–Trinajstić information content (AvgIpc) is 3.12. The van der Waals surface area contributed by atoms with Crippen molar-refractivity contribution in [3.8, 4) is 11.5 Å². The highest BCUT2D eigenvalue weighted by atomic mass is 16.5. The van der Waals surface area contributed by atoms with Crippen LogP contribution in [0, 0.1) is 5.92 Å². The third-order valence-corrected chi connectivity index (χ3v) is 11.5. The number of hydrogen-bond donors (Lipinski definition) is 3. The van der Waals surface area contributed by atoms with E-state index in [1.807, 2.05) is 12.1 Å². The minimum atomic E-state index is -1.27. The topological polar surface area (TPSA) is 111 Å². The molecular weight excluding hydrogens is 640 g/mol. The molecule has 8 heteroatoms. The maximum atomic E-state index is 11.6. The maximum absolute atomic E-state index is 11.6. The first-order chi connectivity index (χ1) is 24.6. The molecule has 51 heavy (non-hydrogen) atoms. The summed E-state index contributed by atoms with van der Waals surface area (Å²) in [5, 5.41) is 29.0. The van der Waals surface area contributed by atoms with Crippen LogP contribution in [0.1, 0.15) is 101 Å². The normalized spacial score (nSPS) is 22.0. The Kier molecular flexibility index (Phi) is 10.0. The summed E-state index contributed by atoms with van der Waals surface area (Å²) in [4.78, 5) is 28.1. The van der Waals surface area contributed by atoms with Crippen molar-refractivity contribution in [2.24, 2.45) is 5.92 Å². The van der Waals surface area contributed by atoms with Crippen molar-refractivity contribution >= 4 is 17.6 Å². The van der Waals surface area contributed by atoms with E-state index in [9.17, 15) is 24.9 Å². The van der Waals surface area contributed by atoms with Gasteiger partial charge in [-0.05, 0) is 116 Å². The van der Waals surface area contributed by atoms with Gasteiger partial charge < -0.3 is 25.0 Å². The Morgan fingerprint density at radius 2 is 1.53 bits per heavy atom. The van der Waals surface area contributed by atoms with Crippen molar-refractivity contribution in [2.75, 3.05) is 24.5 Å². The van der Waals surface area contributed by atoms with Gasteiger partial charge in [-0.15, -0.1) is 0 Å². The molecule has 4 aromatic carbocycles. The molecule has 2 aliphatic carbocycles. The third kappa shape index (κ3) is 7.47. The summed E-state index contributed by atoms with van der Waals surface area (Å²) < 4.78 is 6.09. The fourth-order valence-corrected chi connectivity index (χ4v) is 8.68. The Hall–Kier alpha value is -4.82. The molecule has 266 valence electrons. The summed E-state index contributed by atoms with van der Waals surface area (Å²) in [6.07, 6.45) is 6.01. The second kappa shape index (κ2) is 14.8. The molecule has 2 fully saturated rings. The van der Waals surface area contributed by atoms with Crippen LogP contribution in [0.4, 0.5) is 5.69 Å². The van der Waals surface area contributed by atoms with Gasteiger partial charge in [0, 0.05) is 56.2 Å². The zero-order valence-electron chi connectivity index (χ0n) is 29.4. The average molecular weight is 689 g/mol. The van der Waals surface area contributed by atoms with Crippen LogP contribution in [0.15, 0.2) is 91.0 Å². The summed E-state index contributed by atoms with van der Waals surface area (Å²) in [7, 11) is 0. The predicted molar refractivity (Wildman–Crippen MR) is 198 cm³/mol. The minimum Gasteiger partial charge on any atom is -0.508 e. The number of aromatic carboxylic acids is 2. The molecule has 7 rings (SSSR count). The van der Waals surface area contributed by atoms with Crippen molar-refractivity contribution < 1.29 is 29.6 Å². The van der Waals surface area contributed by atoms with Crippen LogP contribution in [-0.4, -0.2) is 70.0 Å². The van der Waals surface area contributed by atoms with Gasteiger partial charge in [-0.2, -0.15) is 0 Å². The van der Waals surface area contributed by atoms with Crippen LogP contribution in [0.5, 0.6) is 11.5 Å². The molecule has 2 atom stereocenters. The van der Waals surface area contributed by atoms with E-state index in [0.717, 1.165) is 58.2 Å². The van der Waals surface area contributed by atoms with E-state index in [1.165, 1.54) is 40.1 Å². The number of phenols is 1. The molecule has 1 saturated heterocycles. The van der Waals surface area contributed by atoms with E-state index < -0.39 is 11.9 Å². The highest BCUT2D eigenvalue weighted by Crippen LogP contribution is 2.47. The Morgan fingerprint density at radius 1 is 0.824 bits per heavy atom. The van der Waals surface area contributed by atoms with Gasteiger partial charge in [0.15, 0.2) is 0 Å². The number of benzene rings is 4. The van der Waals surface area contributed by atoms with Crippen LogP contribution in [0.25, 0.3) is 0 Å². The van der Waals surface area contributed by atoms with E-state index in [-0.39, 0.29) is 23.1 Å². The summed E-state index contributed by atoms with van der Waals surface area (Å²) in [5.41, 5.74) is 6.05. The Bertz CT molecular complexity index is 1840. The number of ether oxygens (including phenoxy) is 1. The van der Waals surface area contributed by atoms with E-state index in [1.54, 1.807) is 6.07 Å². The number of carboxylic acid groups (broad SMARTS) is 2. The number of piperidine rings is 1. The highest BCUT2D eigenvalue weighted by molar-refractivity contribution is 6.02. The molecule has 0 spiro atoms. The Balaban J connectivity index is 0.952. The lowest BCUT2D eigenvalue weighted by Gasteiger charge is -2.46. The number of nitrogens with zero attached hydrogens (tertiary/aromatic N) is 2. The third-order valence-electron chi connectivity index (χ3n) is 11.5. The van der Waals surface area contributed by atoms with Gasteiger partial charge >= 0.3 is 11.9 Å². The molecule has 8 nitrogen and oxygen atoms in total. The van der Waals surface area contributed by atoms with Crippen LogP contribution in [0.3, 0.4) is 0 Å². The molecule has 4 aromatic rings. The number of fused-ring (bicyclic) bond motifs is 1. The molecular formula is C43H48N2O6. The number of phenolic OH excluding ortho intramolecular Hbond substituents is 1. The molecule has 0 bridgehead atoms. The number of rotatable bonds is 11. The maximum Gasteiger partial charge on any atom is 0.336 e. The molecule has 0 amide bonds. The zero-order valence-corrected chi connectivity index (χ0v) is 29.4. The fourth-order valence-electron chi connectivity index (χ4n) is 8.68. The monoisotopic (exact) mass is 688 g/mol. The van der Waals surface area contributed by atoms with Crippen molar-refractivity contribution in [3.05, 3.63) is 124 Å². The molecule has 3 aliphatic rings. The van der Waals surface area contributed by atoms with E-state index in [0.29, 0.717) is 35.4 Å². The van der Waals surface area contributed by atoms with Gasteiger partial charge in [-0.25, -0.2) is 9.59 Å². The standard InChI is InChI=1S/C43H48N2O6/c1-27(2)45(33-23-36(24-33)51-35-14-17-39(42(47)48)40(25-35)43(49)50)26-28-18-20-44(21-19-28)32-11-8-30(9-12-32)41-37(29-6-4-3-5-7-29)15-10-31-22-34(46)13-16-38(31)41/h3-9,11-14,16-17,22,25,27-28,33,36-37,41,46H,10,15,18-21,23-24,26H2,1-2H3,(H,47,48)(H,49,50)/t33?,36?,37-,41+/m1/s1. The van der Waals surface area contributed by atoms with Gasteiger partial charge in [0.2, 0.25) is 0 Å². The molecule has 1 aliphatic heterocycles. The lowest BCUT2D eigenvalue weighted by molar-refractivity contribution is -0.00663. The van der Waals surface area contributed by atoms with Gasteiger partial charge in [0.25, 0.3) is 0 Å². The van der Waals surface area contributed by atoms with Crippen molar-refractivity contribution in [1.29, 1.82) is 0 Å².